The van der Waals surface area contributed by atoms with Crippen LogP contribution in [0.25, 0.3) is 0 Å². The van der Waals surface area contributed by atoms with Crippen LogP contribution in [-0.2, 0) is 11.3 Å². The second kappa shape index (κ2) is 7.54. The van der Waals surface area contributed by atoms with E-state index in [1.54, 1.807) is 6.20 Å². The third kappa shape index (κ3) is 5.60. The van der Waals surface area contributed by atoms with Gasteiger partial charge in [0.15, 0.2) is 0 Å². The van der Waals surface area contributed by atoms with Gasteiger partial charge in [0.1, 0.15) is 5.60 Å². The van der Waals surface area contributed by atoms with Crippen LogP contribution >= 0.6 is 0 Å². The number of carbonyl (C=O) groups is 1. The van der Waals surface area contributed by atoms with Crippen molar-refractivity contribution in [1.82, 2.24) is 20.4 Å². The second-order valence-electron chi connectivity index (χ2n) is 6.76. The highest BCUT2D eigenvalue weighted by Gasteiger charge is 2.26. The number of piperidine rings is 1. The Kier molecular flexibility index (Phi) is 5.71. The first-order valence-corrected chi connectivity index (χ1v) is 7.89. The van der Waals surface area contributed by atoms with Crippen molar-refractivity contribution in [2.24, 2.45) is 5.92 Å². The lowest BCUT2D eigenvalue weighted by Gasteiger charge is -2.33. The van der Waals surface area contributed by atoms with E-state index in [4.69, 9.17) is 4.74 Å². The summed E-state index contributed by atoms with van der Waals surface area (Å²) in [5, 5.41) is 11.3. The molecule has 1 N–H and O–H groups in total. The van der Waals surface area contributed by atoms with Gasteiger partial charge in [-0.05, 0) is 58.2 Å². The van der Waals surface area contributed by atoms with E-state index in [1.807, 2.05) is 37.8 Å². The van der Waals surface area contributed by atoms with Gasteiger partial charge in [0.25, 0.3) is 0 Å². The first-order valence-electron chi connectivity index (χ1n) is 7.89. The Labute approximate surface area is 132 Å². The molecule has 1 aliphatic heterocycles. The zero-order valence-electron chi connectivity index (χ0n) is 13.7. The average molecular weight is 306 g/mol. The Morgan fingerprint density at radius 1 is 1.41 bits per heavy atom. The first kappa shape index (κ1) is 16.7. The minimum absolute atomic E-state index is 0.196. The monoisotopic (exact) mass is 306 g/mol. The summed E-state index contributed by atoms with van der Waals surface area (Å²) < 4.78 is 5.41. The molecule has 1 aliphatic rings. The van der Waals surface area contributed by atoms with Gasteiger partial charge in [0.05, 0.1) is 5.69 Å². The number of rotatable bonds is 4. The van der Waals surface area contributed by atoms with Crippen LogP contribution in [-0.4, -0.2) is 46.4 Å². The smallest absolute Gasteiger partial charge is 0.410 e. The molecule has 0 aromatic carbocycles. The molecule has 1 saturated heterocycles. The lowest BCUT2D eigenvalue weighted by Crippen LogP contribution is -2.43. The molecule has 0 bridgehead atoms. The molecule has 2 heterocycles. The van der Waals surface area contributed by atoms with Gasteiger partial charge in [0.2, 0.25) is 0 Å². The average Bonchev–Trinajstić information content (AvgIpc) is 2.47. The molecule has 0 saturated carbocycles. The summed E-state index contributed by atoms with van der Waals surface area (Å²) in [6.07, 6.45) is 3.49. The first-order chi connectivity index (χ1) is 10.4. The number of nitrogens with zero attached hydrogens (tertiary/aromatic N) is 3. The van der Waals surface area contributed by atoms with Crippen LogP contribution in [0, 0.1) is 5.92 Å². The maximum atomic E-state index is 12.0. The molecular weight excluding hydrogens is 280 g/mol. The number of carbonyl (C=O) groups excluding carboxylic acids is 1. The van der Waals surface area contributed by atoms with Gasteiger partial charge in [-0.2, -0.15) is 10.2 Å². The minimum Gasteiger partial charge on any atom is -0.444 e. The van der Waals surface area contributed by atoms with Crippen molar-refractivity contribution in [3.63, 3.8) is 0 Å². The van der Waals surface area contributed by atoms with Crippen molar-refractivity contribution in [2.45, 2.75) is 45.8 Å². The number of aromatic nitrogens is 2. The number of nitrogens with one attached hydrogen (secondary N) is 1. The zero-order chi connectivity index (χ0) is 16.0. The summed E-state index contributed by atoms with van der Waals surface area (Å²) in [5.41, 5.74) is 0.528. The summed E-state index contributed by atoms with van der Waals surface area (Å²) in [5.74, 6) is 0.593. The van der Waals surface area contributed by atoms with Gasteiger partial charge in [-0.25, -0.2) is 4.79 Å². The molecule has 0 radical (unpaired) electrons. The maximum absolute atomic E-state index is 12.0. The molecule has 0 aliphatic carbocycles. The van der Waals surface area contributed by atoms with Crippen molar-refractivity contribution in [3.05, 3.63) is 24.0 Å². The lowest BCUT2D eigenvalue weighted by atomic mass is 9.97. The number of ether oxygens (including phenoxy) is 1. The third-order valence-electron chi connectivity index (χ3n) is 3.63. The fraction of sp³-hybridized carbons (Fsp3) is 0.688. The molecule has 1 amide bonds. The van der Waals surface area contributed by atoms with Crippen molar-refractivity contribution in [1.29, 1.82) is 0 Å². The Morgan fingerprint density at radius 2 is 2.14 bits per heavy atom. The topological polar surface area (TPSA) is 67.3 Å². The normalized spacial score (nSPS) is 16.6. The Bertz CT molecular complexity index is 465. The van der Waals surface area contributed by atoms with E-state index in [0.717, 1.165) is 44.7 Å². The fourth-order valence-corrected chi connectivity index (χ4v) is 2.48. The summed E-state index contributed by atoms with van der Waals surface area (Å²) in [4.78, 5) is 13.8. The molecule has 2 rings (SSSR count). The van der Waals surface area contributed by atoms with Crippen LogP contribution < -0.4 is 5.32 Å². The molecule has 0 atom stereocenters. The molecule has 6 heteroatoms. The lowest BCUT2D eigenvalue weighted by molar-refractivity contribution is 0.0184. The summed E-state index contributed by atoms with van der Waals surface area (Å²) in [6, 6.07) is 3.86. The fourth-order valence-electron chi connectivity index (χ4n) is 2.48. The van der Waals surface area contributed by atoms with E-state index in [0.29, 0.717) is 5.92 Å². The van der Waals surface area contributed by atoms with Gasteiger partial charge in [-0.15, -0.1) is 0 Å². The van der Waals surface area contributed by atoms with Gasteiger partial charge >= 0.3 is 6.09 Å². The molecule has 1 fully saturated rings. The van der Waals surface area contributed by atoms with E-state index >= 15 is 0 Å². The number of hydrogen-bond donors (Lipinski definition) is 1. The van der Waals surface area contributed by atoms with Gasteiger partial charge in [-0.1, -0.05) is 0 Å². The SMILES string of the molecule is CC(C)(C)OC(=O)N1CCC(CNCc2cccnn2)CC1. The zero-order valence-corrected chi connectivity index (χ0v) is 13.7. The molecule has 22 heavy (non-hydrogen) atoms. The standard InChI is InChI=1S/C16H26N4O2/c1-16(2,3)22-15(21)20-9-6-13(7-10-20)11-17-12-14-5-4-8-18-19-14/h4-5,8,13,17H,6-7,9-12H2,1-3H3. The van der Waals surface area contributed by atoms with E-state index in [-0.39, 0.29) is 6.09 Å². The molecule has 6 nitrogen and oxygen atoms in total. The van der Waals surface area contributed by atoms with E-state index < -0.39 is 5.60 Å². The molecule has 0 unspecified atom stereocenters. The summed E-state index contributed by atoms with van der Waals surface area (Å²) >= 11 is 0. The Hall–Kier alpha value is -1.69. The van der Waals surface area contributed by atoms with Crippen LogP contribution in [0.2, 0.25) is 0 Å². The van der Waals surface area contributed by atoms with Crippen molar-refractivity contribution >= 4 is 6.09 Å². The Morgan fingerprint density at radius 3 is 2.73 bits per heavy atom. The quantitative estimate of drug-likeness (QED) is 0.924. The largest absolute Gasteiger partial charge is 0.444 e. The number of likely N-dealkylation sites (tertiary alicyclic amines) is 1. The van der Waals surface area contributed by atoms with Crippen LogP contribution in [0.15, 0.2) is 18.3 Å². The van der Waals surface area contributed by atoms with E-state index in [1.165, 1.54) is 0 Å². The highest BCUT2D eigenvalue weighted by atomic mass is 16.6. The molecular formula is C16H26N4O2. The third-order valence-corrected chi connectivity index (χ3v) is 3.63. The van der Waals surface area contributed by atoms with Crippen LogP contribution in [0.5, 0.6) is 0 Å². The number of amides is 1. The van der Waals surface area contributed by atoms with Gasteiger partial charge in [-0.3, -0.25) is 0 Å². The van der Waals surface area contributed by atoms with Crippen molar-refractivity contribution < 1.29 is 9.53 Å². The predicted molar refractivity (Wildman–Crippen MR) is 84.3 cm³/mol. The highest BCUT2D eigenvalue weighted by Crippen LogP contribution is 2.19. The van der Waals surface area contributed by atoms with Crippen LogP contribution in [0.3, 0.4) is 0 Å². The molecule has 0 spiro atoms. The Balaban J connectivity index is 1.66. The molecule has 1 aromatic rings. The molecule has 122 valence electrons. The summed E-state index contributed by atoms with van der Waals surface area (Å²) in [6.45, 7) is 8.91. The molecule has 1 aromatic heterocycles. The predicted octanol–water partition coefficient (Wildman–Crippen LogP) is 2.21. The van der Waals surface area contributed by atoms with Crippen molar-refractivity contribution in [3.8, 4) is 0 Å². The van der Waals surface area contributed by atoms with E-state index in [9.17, 15) is 4.79 Å². The highest BCUT2D eigenvalue weighted by molar-refractivity contribution is 5.68. The van der Waals surface area contributed by atoms with Crippen molar-refractivity contribution in [2.75, 3.05) is 19.6 Å². The maximum Gasteiger partial charge on any atom is 0.410 e. The summed E-state index contributed by atoms with van der Waals surface area (Å²) in [7, 11) is 0. The van der Waals surface area contributed by atoms with Crippen LogP contribution in [0.1, 0.15) is 39.3 Å². The van der Waals surface area contributed by atoms with Gasteiger partial charge in [0, 0.05) is 25.8 Å². The number of hydrogen-bond acceptors (Lipinski definition) is 5. The van der Waals surface area contributed by atoms with Crippen LogP contribution in [0.4, 0.5) is 4.79 Å². The van der Waals surface area contributed by atoms with E-state index in [2.05, 4.69) is 15.5 Å². The van der Waals surface area contributed by atoms with Gasteiger partial charge < -0.3 is 15.0 Å². The second-order valence-corrected chi connectivity index (χ2v) is 6.76. The minimum atomic E-state index is -0.424.